The Labute approximate surface area is 161 Å². The Hall–Kier alpha value is -2.67. The van der Waals surface area contributed by atoms with E-state index in [2.05, 4.69) is 41.3 Å². The standard InChI is InChI=1S/C20H23N3O3S/c1-6-26-20(25)16-12(4)15-18(24)22-17(23-19(15)27-16)13(5)21-14-8-7-10(2)11(3)9-14/h7-9,13,21H,6H2,1-5H3,(H,22,23,24)/t13-/m1/s1. The quantitative estimate of drug-likeness (QED) is 0.641. The number of carbonyl (C=O) groups excluding carboxylic acids is 1. The first-order valence-electron chi connectivity index (χ1n) is 8.86. The fraction of sp³-hybridized carbons (Fsp3) is 0.350. The second kappa shape index (κ2) is 7.52. The average molecular weight is 385 g/mol. The number of thiophene rings is 1. The largest absolute Gasteiger partial charge is 0.462 e. The number of fused-ring (bicyclic) bond motifs is 1. The molecule has 1 aromatic carbocycles. The zero-order valence-corrected chi connectivity index (χ0v) is 16.9. The van der Waals surface area contributed by atoms with Crippen molar-refractivity contribution < 1.29 is 9.53 Å². The van der Waals surface area contributed by atoms with Gasteiger partial charge >= 0.3 is 5.97 Å². The van der Waals surface area contributed by atoms with Gasteiger partial charge in [-0.2, -0.15) is 0 Å². The summed E-state index contributed by atoms with van der Waals surface area (Å²) >= 11 is 1.19. The third-order valence-corrected chi connectivity index (χ3v) is 5.75. The molecule has 0 spiro atoms. The highest BCUT2D eigenvalue weighted by Gasteiger charge is 2.21. The van der Waals surface area contributed by atoms with Gasteiger partial charge in [-0.3, -0.25) is 4.79 Å². The molecule has 0 saturated heterocycles. The van der Waals surface area contributed by atoms with Crippen LogP contribution in [0.15, 0.2) is 23.0 Å². The maximum Gasteiger partial charge on any atom is 0.348 e. The van der Waals surface area contributed by atoms with Crippen LogP contribution in [0, 0.1) is 20.8 Å². The molecule has 0 fully saturated rings. The monoisotopic (exact) mass is 385 g/mol. The van der Waals surface area contributed by atoms with Gasteiger partial charge in [0.25, 0.3) is 5.56 Å². The van der Waals surface area contributed by atoms with E-state index in [0.717, 1.165) is 5.69 Å². The molecule has 1 atom stereocenters. The molecule has 3 aromatic rings. The summed E-state index contributed by atoms with van der Waals surface area (Å²) in [4.78, 5) is 33.1. The number of nitrogens with one attached hydrogen (secondary N) is 2. The second-order valence-corrected chi connectivity index (χ2v) is 7.57. The lowest BCUT2D eigenvalue weighted by molar-refractivity contribution is 0.0531. The predicted octanol–water partition coefficient (Wildman–Crippen LogP) is 4.26. The van der Waals surface area contributed by atoms with Gasteiger partial charge in [-0.15, -0.1) is 11.3 Å². The summed E-state index contributed by atoms with van der Waals surface area (Å²) in [5, 5.41) is 3.81. The van der Waals surface area contributed by atoms with Crippen molar-refractivity contribution in [3.63, 3.8) is 0 Å². The summed E-state index contributed by atoms with van der Waals surface area (Å²) < 4.78 is 5.07. The smallest absolute Gasteiger partial charge is 0.348 e. The van der Waals surface area contributed by atoms with Gasteiger partial charge in [0.1, 0.15) is 15.5 Å². The number of esters is 1. The van der Waals surface area contributed by atoms with E-state index in [9.17, 15) is 9.59 Å². The summed E-state index contributed by atoms with van der Waals surface area (Å²) in [5.41, 5.74) is 3.75. The van der Waals surface area contributed by atoms with Crippen LogP contribution in [-0.4, -0.2) is 22.5 Å². The van der Waals surface area contributed by atoms with Crippen LogP contribution >= 0.6 is 11.3 Å². The predicted molar refractivity (Wildman–Crippen MR) is 109 cm³/mol. The van der Waals surface area contributed by atoms with E-state index < -0.39 is 5.97 Å². The summed E-state index contributed by atoms with van der Waals surface area (Å²) in [6, 6.07) is 5.93. The van der Waals surface area contributed by atoms with Crippen LogP contribution in [-0.2, 0) is 4.74 Å². The Morgan fingerprint density at radius 3 is 2.70 bits per heavy atom. The SMILES string of the molecule is CCOC(=O)c1sc2nc([C@@H](C)Nc3ccc(C)c(C)c3)[nH]c(=O)c2c1C. The van der Waals surface area contributed by atoms with Crippen molar-refractivity contribution in [2.75, 3.05) is 11.9 Å². The van der Waals surface area contributed by atoms with Crippen molar-refractivity contribution in [3.8, 4) is 0 Å². The van der Waals surface area contributed by atoms with Gasteiger partial charge in [0.15, 0.2) is 0 Å². The van der Waals surface area contributed by atoms with Crippen molar-refractivity contribution in [1.29, 1.82) is 0 Å². The highest BCUT2D eigenvalue weighted by Crippen LogP contribution is 2.28. The molecule has 27 heavy (non-hydrogen) atoms. The third kappa shape index (κ3) is 3.73. The number of hydrogen-bond donors (Lipinski definition) is 2. The first kappa shape index (κ1) is 19.1. The van der Waals surface area contributed by atoms with E-state index >= 15 is 0 Å². The molecule has 0 unspecified atom stereocenters. The summed E-state index contributed by atoms with van der Waals surface area (Å²) in [6.45, 7) is 9.85. The van der Waals surface area contributed by atoms with Gasteiger partial charge < -0.3 is 15.0 Å². The summed E-state index contributed by atoms with van der Waals surface area (Å²) in [5.74, 6) is 0.114. The van der Waals surface area contributed by atoms with Crippen molar-refractivity contribution in [1.82, 2.24) is 9.97 Å². The van der Waals surface area contributed by atoms with Crippen molar-refractivity contribution in [2.24, 2.45) is 0 Å². The van der Waals surface area contributed by atoms with Gasteiger partial charge in [0, 0.05) is 5.69 Å². The Morgan fingerprint density at radius 2 is 2.04 bits per heavy atom. The molecule has 2 N–H and O–H groups in total. The van der Waals surface area contributed by atoms with Crippen LogP contribution in [0.1, 0.15) is 52.1 Å². The number of aromatic amines is 1. The van der Waals surface area contributed by atoms with E-state index in [0.29, 0.717) is 33.1 Å². The van der Waals surface area contributed by atoms with Crippen LogP contribution in [0.5, 0.6) is 0 Å². The number of H-pyrrole nitrogens is 1. The second-order valence-electron chi connectivity index (χ2n) is 6.57. The first-order valence-corrected chi connectivity index (χ1v) is 9.67. The van der Waals surface area contributed by atoms with E-state index in [1.165, 1.54) is 22.5 Å². The van der Waals surface area contributed by atoms with Crippen LogP contribution in [0.3, 0.4) is 0 Å². The zero-order valence-electron chi connectivity index (χ0n) is 16.1. The molecule has 7 heteroatoms. The Balaban J connectivity index is 1.96. The lowest BCUT2D eigenvalue weighted by Crippen LogP contribution is -2.17. The highest BCUT2D eigenvalue weighted by atomic mass is 32.1. The molecule has 3 rings (SSSR count). The van der Waals surface area contributed by atoms with Crippen molar-refractivity contribution in [2.45, 2.75) is 40.7 Å². The molecule has 0 saturated carbocycles. The van der Waals surface area contributed by atoms with Crippen LogP contribution in [0.4, 0.5) is 5.69 Å². The average Bonchev–Trinajstić information content (AvgIpc) is 2.95. The molecule has 0 bridgehead atoms. The maximum absolute atomic E-state index is 12.6. The minimum Gasteiger partial charge on any atom is -0.462 e. The van der Waals surface area contributed by atoms with E-state index in [1.807, 2.05) is 13.0 Å². The molecular formula is C20H23N3O3S. The van der Waals surface area contributed by atoms with E-state index in [1.54, 1.807) is 13.8 Å². The number of hydrogen-bond acceptors (Lipinski definition) is 6. The topological polar surface area (TPSA) is 84.1 Å². The molecule has 0 radical (unpaired) electrons. The maximum atomic E-state index is 12.6. The minimum absolute atomic E-state index is 0.197. The van der Waals surface area contributed by atoms with Crippen molar-refractivity contribution in [3.05, 3.63) is 55.9 Å². The normalized spacial score (nSPS) is 12.2. The van der Waals surface area contributed by atoms with Crippen LogP contribution in [0.25, 0.3) is 10.2 Å². The molecule has 6 nitrogen and oxygen atoms in total. The molecule has 2 aromatic heterocycles. The van der Waals surface area contributed by atoms with Gasteiger partial charge in [-0.1, -0.05) is 6.07 Å². The highest BCUT2D eigenvalue weighted by molar-refractivity contribution is 7.20. The lowest BCUT2D eigenvalue weighted by atomic mass is 10.1. The van der Waals surface area contributed by atoms with Crippen LogP contribution < -0.4 is 10.9 Å². The number of ether oxygens (including phenoxy) is 1. The lowest BCUT2D eigenvalue weighted by Gasteiger charge is -2.15. The van der Waals surface area contributed by atoms with Gasteiger partial charge in [-0.05, 0) is 63.4 Å². The first-order chi connectivity index (χ1) is 12.8. The molecule has 0 aliphatic carbocycles. The summed E-state index contributed by atoms with van der Waals surface area (Å²) in [7, 11) is 0. The summed E-state index contributed by atoms with van der Waals surface area (Å²) in [6.07, 6.45) is 0. The van der Waals surface area contributed by atoms with Crippen molar-refractivity contribution >= 4 is 33.2 Å². The number of benzene rings is 1. The number of aryl methyl sites for hydroxylation is 3. The minimum atomic E-state index is -0.416. The van der Waals surface area contributed by atoms with Gasteiger partial charge in [-0.25, -0.2) is 9.78 Å². The van der Waals surface area contributed by atoms with Crippen LogP contribution in [0.2, 0.25) is 0 Å². The number of aromatic nitrogens is 2. The fourth-order valence-electron chi connectivity index (χ4n) is 2.91. The Morgan fingerprint density at radius 1 is 1.30 bits per heavy atom. The Kier molecular flexibility index (Phi) is 5.32. The molecule has 0 amide bonds. The zero-order chi connectivity index (χ0) is 19.7. The number of nitrogens with zero attached hydrogens (tertiary/aromatic N) is 1. The molecular weight excluding hydrogens is 362 g/mol. The van der Waals surface area contributed by atoms with Gasteiger partial charge in [0.05, 0.1) is 18.0 Å². The molecule has 2 heterocycles. The van der Waals surface area contributed by atoms with Gasteiger partial charge in [0.2, 0.25) is 0 Å². The molecule has 142 valence electrons. The van der Waals surface area contributed by atoms with E-state index in [4.69, 9.17) is 4.74 Å². The van der Waals surface area contributed by atoms with E-state index in [-0.39, 0.29) is 11.6 Å². The molecule has 0 aliphatic heterocycles. The number of carbonyl (C=O) groups is 1. The number of anilines is 1. The third-order valence-electron chi connectivity index (χ3n) is 4.58. The number of rotatable bonds is 5. The fourth-order valence-corrected chi connectivity index (χ4v) is 3.99. The molecule has 0 aliphatic rings. The Bertz CT molecular complexity index is 1070.